The van der Waals surface area contributed by atoms with Gasteiger partial charge in [0.2, 0.25) is 20.2 Å². The van der Waals surface area contributed by atoms with Crippen molar-refractivity contribution in [1.29, 1.82) is 5.41 Å². The Kier molecular flexibility index (Phi) is 5.71. The van der Waals surface area contributed by atoms with Crippen LogP contribution in [0.1, 0.15) is 15.9 Å². The minimum absolute atomic E-state index is 0.0158. The first-order valence-electron chi connectivity index (χ1n) is 8.90. The second-order valence-electron chi connectivity index (χ2n) is 6.64. The highest BCUT2D eigenvalue weighted by Crippen LogP contribution is 2.30. The summed E-state index contributed by atoms with van der Waals surface area (Å²) in [6.07, 6.45) is 2.37. The summed E-state index contributed by atoms with van der Waals surface area (Å²) < 4.78 is 33.0. The van der Waals surface area contributed by atoms with Gasteiger partial charge in [-0.1, -0.05) is 23.7 Å². The van der Waals surface area contributed by atoms with Crippen LogP contribution in [-0.4, -0.2) is 47.6 Å². The van der Waals surface area contributed by atoms with E-state index < -0.39 is 21.7 Å². The van der Waals surface area contributed by atoms with Gasteiger partial charge in [0.05, 0.1) is 23.1 Å². The monoisotopic (exact) mass is 488 g/mol. The van der Waals surface area contributed by atoms with Gasteiger partial charge in [-0.3, -0.25) is 10.2 Å². The van der Waals surface area contributed by atoms with E-state index in [1.165, 1.54) is 18.2 Å². The van der Waals surface area contributed by atoms with Gasteiger partial charge >= 0.3 is 5.97 Å². The van der Waals surface area contributed by atoms with E-state index in [4.69, 9.17) is 21.7 Å². The predicted octanol–water partition coefficient (Wildman–Crippen LogP) is 3.18. The van der Waals surface area contributed by atoms with Crippen LogP contribution in [0.2, 0.25) is 5.02 Å². The molecule has 12 heteroatoms. The zero-order valence-electron chi connectivity index (χ0n) is 16.3. The Balaban J connectivity index is 1.54. The molecule has 0 atom stereocenters. The number of sulfone groups is 1. The minimum atomic E-state index is -3.72. The van der Waals surface area contributed by atoms with Crippen LogP contribution in [0.4, 0.5) is 0 Å². The van der Waals surface area contributed by atoms with Crippen LogP contribution in [0, 0.1) is 5.41 Å². The van der Waals surface area contributed by atoms with Crippen molar-refractivity contribution < 1.29 is 22.7 Å². The third-order valence-corrected chi connectivity index (χ3v) is 6.31. The molecule has 162 valence electrons. The molecule has 2 aromatic rings. The molecule has 1 amide bonds. The lowest BCUT2D eigenvalue weighted by Crippen LogP contribution is -2.45. The smallest absolute Gasteiger partial charge is 0.343 e. The Morgan fingerprint density at radius 2 is 1.81 bits per heavy atom. The van der Waals surface area contributed by atoms with Crippen molar-refractivity contribution in [2.24, 2.45) is 9.39 Å². The van der Waals surface area contributed by atoms with Crippen molar-refractivity contribution in [3.63, 3.8) is 0 Å². The summed E-state index contributed by atoms with van der Waals surface area (Å²) >= 11 is 6.53. The van der Waals surface area contributed by atoms with Crippen molar-refractivity contribution in [3.05, 3.63) is 70.3 Å². The van der Waals surface area contributed by atoms with Crippen molar-refractivity contribution in [3.8, 4) is 5.75 Å². The van der Waals surface area contributed by atoms with Crippen LogP contribution in [0.25, 0.3) is 6.08 Å². The fourth-order valence-electron chi connectivity index (χ4n) is 2.79. The lowest BCUT2D eigenvalue weighted by Gasteiger charge is -2.23. The van der Waals surface area contributed by atoms with Gasteiger partial charge in [-0.25, -0.2) is 18.1 Å². The number of amidine groups is 3. The van der Waals surface area contributed by atoms with E-state index in [2.05, 4.69) is 9.39 Å². The molecule has 0 fully saturated rings. The third kappa shape index (κ3) is 4.35. The van der Waals surface area contributed by atoms with Gasteiger partial charge in [-0.15, -0.1) is 0 Å². The first-order chi connectivity index (χ1) is 15.1. The Morgan fingerprint density at radius 1 is 1.16 bits per heavy atom. The van der Waals surface area contributed by atoms with Gasteiger partial charge in [0.25, 0.3) is 5.91 Å². The summed E-state index contributed by atoms with van der Waals surface area (Å²) in [7, 11) is -3.72. The Hall–Kier alpha value is -3.28. The number of halogens is 1. The molecule has 2 aromatic carbocycles. The maximum atomic E-state index is 12.4. The molecule has 0 radical (unpaired) electrons. The van der Waals surface area contributed by atoms with Crippen LogP contribution < -0.4 is 4.74 Å². The molecule has 2 heterocycles. The summed E-state index contributed by atoms with van der Waals surface area (Å²) in [5, 5.41) is 8.49. The van der Waals surface area contributed by atoms with Crippen LogP contribution in [0.3, 0.4) is 0 Å². The molecule has 1 N–H and O–H groups in total. The number of nitrogens with zero attached hydrogens (tertiary/aromatic N) is 3. The zero-order valence-corrected chi connectivity index (χ0v) is 18.7. The van der Waals surface area contributed by atoms with E-state index >= 15 is 0 Å². The molecular formula is C20H13ClN4O5S2. The van der Waals surface area contributed by atoms with Crippen molar-refractivity contribution in [2.45, 2.75) is 0 Å². The van der Waals surface area contributed by atoms with Crippen LogP contribution in [0.5, 0.6) is 5.75 Å². The standard InChI is InChI=1S/C20H13ClN4O5S2/c1-32(28,29)20-24-31-19-23-17(26)15(16(22)25(19)20)10-11-2-8-14(9-3-11)30-18(27)12-4-6-13(21)7-5-12/h2-10,22H,1H3/b15-10-,22-16?. The van der Waals surface area contributed by atoms with Crippen molar-refractivity contribution in [1.82, 2.24) is 4.90 Å². The van der Waals surface area contributed by atoms with E-state index in [9.17, 15) is 18.0 Å². The average molecular weight is 489 g/mol. The predicted molar refractivity (Wildman–Crippen MR) is 123 cm³/mol. The Labute approximate surface area is 192 Å². The van der Waals surface area contributed by atoms with Gasteiger partial charge in [0.15, 0.2) is 0 Å². The number of amides is 1. The number of ether oxygens (including phenoxy) is 1. The molecule has 0 saturated heterocycles. The quantitative estimate of drug-likeness (QED) is 0.304. The van der Waals surface area contributed by atoms with Gasteiger partial charge in [0, 0.05) is 11.3 Å². The summed E-state index contributed by atoms with van der Waals surface area (Å²) in [4.78, 5) is 29.4. The highest BCUT2D eigenvalue weighted by atomic mass is 35.5. The number of rotatable bonds is 3. The summed E-state index contributed by atoms with van der Waals surface area (Å²) in [6.45, 7) is 0. The largest absolute Gasteiger partial charge is 0.423 e. The fourth-order valence-corrected chi connectivity index (χ4v) is 4.76. The molecule has 0 bridgehead atoms. The molecule has 0 aliphatic carbocycles. The van der Waals surface area contributed by atoms with Crippen molar-refractivity contribution in [2.75, 3.05) is 6.26 Å². The van der Waals surface area contributed by atoms with E-state index in [0.717, 1.165) is 23.1 Å². The Morgan fingerprint density at radius 3 is 2.44 bits per heavy atom. The van der Waals surface area contributed by atoms with Gasteiger partial charge < -0.3 is 4.74 Å². The molecule has 0 saturated carbocycles. The first kappa shape index (κ1) is 21.9. The highest BCUT2D eigenvalue weighted by molar-refractivity contribution is 8.16. The van der Waals surface area contributed by atoms with Crippen LogP contribution in [0.15, 0.2) is 63.5 Å². The molecular weight excluding hydrogens is 476 g/mol. The number of carbonyl (C=O) groups excluding carboxylic acids is 2. The van der Waals surface area contributed by atoms with Crippen LogP contribution >= 0.6 is 23.5 Å². The molecule has 2 aliphatic heterocycles. The molecule has 4 rings (SSSR count). The topological polar surface area (TPSA) is 129 Å². The molecule has 2 aliphatic rings. The van der Waals surface area contributed by atoms with E-state index in [1.807, 2.05) is 0 Å². The number of benzene rings is 2. The van der Waals surface area contributed by atoms with E-state index in [0.29, 0.717) is 16.1 Å². The van der Waals surface area contributed by atoms with Gasteiger partial charge in [-0.05, 0) is 48.0 Å². The number of aliphatic imine (C=N–C) groups is 1. The average Bonchev–Trinajstić information content (AvgIpc) is 3.17. The first-order valence-corrected chi connectivity index (χ1v) is 11.9. The normalized spacial score (nSPS) is 17.2. The zero-order chi connectivity index (χ0) is 23.0. The number of hydrogen-bond acceptors (Lipinski definition) is 8. The summed E-state index contributed by atoms with van der Waals surface area (Å²) in [5.41, 5.74) is 0.758. The number of carbonyl (C=O) groups is 2. The number of nitrogens with one attached hydrogen (secondary N) is 1. The summed E-state index contributed by atoms with van der Waals surface area (Å²) in [5.74, 6) is -1.30. The highest BCUT2D eigenvalue weighted by Gasteiger charge is 2.41. The number of esters is 1. The molecule has 9 nitrogen and oxygen atoms in total. The number of fused-ring (bicyclic) bond motifs is 1. The lowest BCUT2D eigenvalue weighted by molar-refractivity contribution is -0.114. The van der Waals surface area contributed by atoms with Gasteiger partial charge in [0.1, 0.15) is 11.6 Å². The SMILES string of the molecule is CS(=O)(=O)C1=NSC2=NC(=O)/C(=C\c3ccc(OC(=O)c4ccc(Cl)cc4)cc3)C(=N)N21. The Bertz CT molecular complexity index is 1350. The second kappa shape index (κ2) is 8.34. The number of hydrogen-bond donors (Lipinski definition) is 1. The minimum Gasteiger partial charge on any atom is -0.423 e. The third-order valence-electron chi connectivity index (χ3n) is 4.31. The van der Waals surface area contributed by atoms with Crippen molar-refractivity contribution >= 4 is 67.5 Å². The summed E-state index contributed by atoms with van der Waals surface area (Å²) in [6, 6.07) is 12.5. The fraction of sp³-hybridized carbons (Fsp3) is 0.0500. The molecule has 0 unspecified atom stereocenters. The second-order valence-corrected chi connectivity index (χ2v) is 9.72. The van der Waals surface area contributed by atoms with E-state index in [1.54, 1.807) is 36.4 Å². The van der Waals surface area contributed by atoms with Crippen LogP contribution in [-0.2, 0) is 14.6 Å². The maximum absolute atomic E-state index is 12.4. The molecule has 0 spiro atoms. The lowest BCUT2D eigenvalue weighted by atomic mass is 10.1. The maximum Gasteiger partial charge on any atom is 0.343 e. The molecule has 0 aromatic heterocycles. The van der Waals surface area contributed by atoms with Gasteiger partial charge in [-0.2, -0.15) is 9.39 Å². The van der Waals surface area contributed by atoms with E-state index in [-0.39, 0.29) is 27.5 Å². The molecule has 32 heavy (non-hydrogen) atoms.